The second kappa shape index (κ2) is 17.2. The molecule has 0 radical (unpaired) electrons. The van der Waals surface area contributed by atoms with Crippen molar-refractivity contribution in [3.63, 3.8) is 0 Å². The number of aliphatic carboxylic acids is 3. The number of halogens is 9. The van der Waals surface area contributed by atoms with E-state index >= 15 is 0 Å². The average Bonchev–Trinajstić information content (AvgIpc) is 2.91. The van der Waals surface area contributed by atoms with Crippen molar-refractivity contribution in [1.29, 1.82) is 0 Å². The standard InChI is InChI=1S/C20H25N3O2.3C2HF3O2/c1-13-17(14(2)22-15(3)19(13)20(24)25)12-16-7-10-23(11-8-16)18-6-4-5-9-21-18;3*3-2(4,5)1(6)7/h4-6,9,16H,7-8,10-12H2,1-3H3,(H,24,25);3*(H,6,7). The molecule has 11 nitrogen and oxygen atoms in total. The quantitative estimate of drug-likeness (QED) is 0.301. The number of alkyl halides is 9. The topological polar surface area (TPSA) is 178 Å². The van der Waals surface area contributed by atoms with E-state index in [0.717, 1.165) is 55.0 Å². The van der Waals surface area contributed by atoms with Crippen LogP contribution in [0.1, 0.15) is 45.7 Å². The summed E-state index contributed by atoms with van der Waals surface area (Å²) in [6.07, 6.45) is -10.3. The molecule has 20 heteroatoms. The molecule has 0 saturated carbocycles. The molecule has 1 aliphatic heterocycles. The first-order valence-electron chi connectivity index (χ1n) is 12.6. The highest BCUT2D eigenvalue weighted by Crippen LogP contribution is 2.28. The second-order valence-corrected chi connectivity index (χ2v) is 9.30. The fourth-order valence-corrected chi connectivity index (χ4v) is 3.88. The molecule has 0 amide bonds. The predicted molar refractivity (Wildman–Crippen MR) is 139 cm³/mol. The van der Waals surface area contributed by atoms with Crippen LogP contribution in [0.3, 0.4) is 0 Å². The van der Waals surface area contributed by atoms with E-state index in [1.54, 1.807) is 6.92 Å². The maximum atomic E-state index is 11.5. The molecule has 46 heavy (non-hydrogen) atoms. The van der Waals surface area contributed by atoms with Gasteiger partial charge in [-0.1, -0.05) is 6.07 Å². The number of carboxylic acid groups (broad SMARTS) is 4. The van der Waals surface area contributed by atoms with Gasteiger partial charge in [-0.25, -0.2) is 24.2 Å². The Kier molecular flexibility index (Phi) is 15.4. The Morgan fingerprint density at radius 3 is 1.50 bits per heavy atom. The summed E-state index contributed by atoms with van der Waals surface area (Å²) in [5.74, 6) is -7.55. The van der Waals surface area contributed by atoms with Gasteiger partial charge >= 0.3 is 42.4 Å². The first-order chi connectivity index (χ1) is 20.8. The Balaban J connectivity index is 0.000000786. The first kappa shape index (κ1) is 41.4. The third-order valence-electron chi connectivity index (χ3n) is 5.98. The van der Waals surface area contributed by atoms with Gasteiger partial charge in [0.15, 0.2) is 0 Å². The number of hydrogen-bond donors (Lipinski definition) is 4. The first-order valence-corrected chi connectivity index (χ1v) is 12.6. The fourth-order valence-electron chi connectivity index (χ4n) is 3.88. The van der Waals surface area contributed by atoms with Gasteiger partial charge in [0.25, 0.3) is 0 Å². The van der Waals surface area contributed by atoms with Crippen LogP contribution < -0.4 is 4.90 Å². The van der Waals surface area contributed by atoms with Gasteiger partial charge in [-0.05, 0) is 69.2 Å². The Morgan fingerprint density at radius 1 is 0.761 bits per heavy atom. The fraction of sp³-hybridized carbons (Fsp3) is 0.462. The molecule has 0 aromatic carbocycles. The van der Waals surface area contributed by atoms with E-state index in [2.05, 4.69) is 20.9 Å². The average molecular weight is 682 g/mol. The van der Waals surface area contributed by atoms with Crippen LogP contribution in [0.5, 0.6) is 0 Å². The van der Waals surface area contributed by atoms with Crippen molar-refractivity contribution in [2.45, 2.75) is 58.6 Å². The molecule has 0 aliphatic carbocycles. The molecule has 1 fully saturated rings. The van der Waals surface area contributed by atoms with Gasteiger partial charge in [0.05, 0.1) is 11.3 Å². The number of anilines is 1. The van der Waals surface area contributed by atoms with Crippen LogP contribution in [0.2, 0.25) is 0 Å². The molecule has 4 N–H and O–H groups in total. The highest BCUT2D eigenvalue weighted by Gasteiger charge is 2.39. The number of nitrogens with zero attached hydrogens (tertiary/aromatic N) is 3. The highest BCUT2D eigenvalue weighted by atomic mass is 19.4. The Morgan fingerprint density at radius 2 is 1.17 bits per heavy atom. The van der Waals surface area contributed by atoms with Crippen LogP contribution in [0.25, 0.3) is 0 Å². The minimum absolute atomic E-state index is 0.367. The van der Waals surface area contributed by atoms with Gasteiger partial charge in [-0.15, -0.1) is 0 Å². The molecule has 0 atom stereocenters. The van der Waals surface area contributed by atoms with Crippen molar-refractivity contribution in [2.24, 2.45) is 5.92 Å². The minimum atomic E-state index is -5.08. The smallest absolute Gasteiger partial charge is 0.478 e. The van der Waals surface area contributed by atoms with Gasteiger partial charge < -0.3 is 25.3 Å². The Bertz CT molecular complexity index is 1280. The molecule has 1 saturated heterocycles. The van der Waals surface area contributed by atoms with E-state index in [1.807, 2.05) is 32.2 Å². The van der Waals surface area contributed by atoms with E-state index in [9.17, 15) is 49.4 Å². The van der Waals surface area contributed by atoms with Gasteiger partial charge in [0, 0.05) is 25.0 Å². The van der Waals surface area contributed by atoms with Crippen molar-refractivity contribution >= 4 is 29.7 Å². The van der Waals surface area contributed by atoms with E-state index in [-0.39, 0.29) is 0 Å². The summed E-state index contributed by atoms with van der Waals surface area (Å²) in [5, 5.41) is 30.8. The number of rotatable bonds is 4. The largest absolute Gasteiger partial charge is 0.490 e. The summed E-state index contributed by atoms with van der Waals surface area (Å²) in [5.41, 5.74) is 3.93. The lowest BCUT2D eigenvalue weighted by molar-refractivity contribution is -0.193. The van der Waals surface area contributed by atoms with Crippen LogP contribution >= 0.6 is 0 Å². The summed E-state index contributed by atoms with van der Waals surface area (Å²) in [4.78, 5) is 49.5. The molecule has 0 spiro atoms. The summed E-state index contributed by atoms with van der Waals surface area (Å²) in [6, 6.07) is 6.01. The van der Waals surface area contributed by atoms with E-state index < -0.39 is 42.4 Å². The monoisotopic (exact) mass is 681 g/mol. The molecule has 0 unspecified atom stereocenters. The number of pyridine rings is 2. The van der Waals surface area contributed by atoms with Gasteiger partial charge in [-0.2, -0.15) is 39.5 Å². The summed E-state index contributed by atoms with van der Waals surface area (Å²) < 4.78 is 95.2. The van der Waals surface area contributed by atoms with Crippen molar-refractivity contribution in [1.82, 2.24) is 9.97 Å². The number of carboxylic acids is 4. The van der Waals surface area contributed by atoms with E-state index in [0.29, 0.717) is 17.2 Å². The zero-order valence-electron chi connectivity index (χ0n) is 24.1. The molecule has 1 aliphatic rings. The number of aromatic nitrogens is 2. The molecule has 3 heterocycles. The van der Waals surface area contributed by atoms with Crippen molar-refractivity contribution in [2.75, 3.05) is 18.0 Å². The number of piperidine rings is 1. The summed E-state index contributed by atoms with van der Waals surface area (Å²) in [7, 11) is 0. The van der Waals surface area contributed by atoms with Crippen molar-refractivity contribution in [3.8, 4) is 0 Å². The summed E-state index contributed by atoms with van der Waals surface area (Å²) in [6.45, 7) is 7.67. The normalized spacial score (nSPS) is 13.5. The number of hydrogen-bond acceptors (Lipinski definition) is 7. The van der Waals surface area contributed by atoms with E-state index in [1.165, 1.54) is 0 Å². The third kappa shape index (κ3) is 14.4. The highest BCUT2D eigenvalue weighted by molar-refractivity contribution is 5.91. The number of carbonyl (C=O) groups is 4. The lowest BCUT2D eigenvalue weighted by Gasteiger charge is -2.33. The van der Waals surface area contributed by atoms with Gasteiger partial charge in [-0.3, -0.25) is 4.98 Å². The maximum Gasteiger partial charge on any atom is 0.490 e. The molecular formula is C26H28F9N3O8. The van der Waals surface area contributed by atoms with Crippen LogP contribution in [0.15, 0.2) is 24.4 Å². The van der Waals surface area contributed by atoms with Crippen molar-refractivity contribution in [3.05, 3.63) is 52.5 Å². The molecular weight excluding hydrogens is 653 g/mol. The van der Waals surface area contributed by atoms with Crippen LogP contribution in [0, 0.1) is 26.7 Å². The molecule has 3 rings (SSSR count). The lowest BCUT2D eigenvalue weighted by Crippen LogP contribution is -2.35. The predicted octanol–water partition coefficient (Wildman–Crippen LogP) is 5.46. The number of aromatic carboxylic acids is 1. The third-order valence-corrected chi connectivity index (χ3v) is 5.98. The zero-order valence-corrected chi connectivity index (χ0v) is 24.1. The van der Waals surface area contributed by atoms with Gasteiger partial charge in [0.1, 0.15) is 5.82 Å². The maximum absolute atomic E-state index is 11.5. The number of aryl methyl sites for hydroxylation is 2. The molecule has 2 aromatic rings. The lowest BCUT2D eigenvalue weighted by atomic mass is 9.86. The zero-order chi connectivity index (χ0) is 36.2. The van der Waals surface area contributed by atoms with Crippen LogP contribution in [-0.2, 0) is 20.8 Å². The SMILES string of the molecule is Cc1nc(C)c(C(=O)O)c(C)c1CC1CCN(c2ccccn2)CC1.O=C(O)C(F)(F)F.O=C(O)C(F)(F)F.O=C(O)C(F)(F)F. The minimum Gasteiger partial charge on any atom is -0.478 e. The Labute approximate surface area is 254 Å². The second-order valence-electron chi connectivity index (χ2n) is 9.30. The molecule has 0 bridgehead atoms. The summed E-state index contributed by atoms with van der Waals surface area (Å²) >= 11 is 0. The van der Waals surface area contributed by atoms with Gasteiger partial charge in [0.2, 0.25) is 0 Å². The molecule has 2 aromatic heterocycles. The van der Waals surface area contributed by atoms with Crippen LogP contribution in [-0.4, -0.2) is 85.9 Å². The van der Waals surface area contributed by atoms with E-state index in [4.69, 9.17) is 29.7 Å². The Hall–Kier alpha value is -4.65. The van der Waals surface area contributed by atoms with Crippen molar-refractivity contribution < 1.29 is 79.1 Å². The van der Waals surface area contributed by atoms with Crippen LogP contribution in [0.4, 0.5) is 45.3 Å². The molecule has 258 valence electrons.